The maximum Gasteiger partial charge on any atom is 0.340 e. The van der Waals surface area contributed by atoms with Gasteiger partial charge in [-0.3, -0.25) is 19.7 Å². The van der Waals surface area contributed by atoms with Gasteiger partial charge in [-0.05, 0) is 29.8 Å². The van der Waals surface area contributed by atoms with Gasteiger partial charge in [-0.1, -0.05) is 60.7 Å². The highest BCUT2D eigenvalue weighted by atomic mass is 16.5. The molecule has 0 unspecified atom stereocenters. The third kappa shape index (κ3) is 6.37. The maximum absolute atomic E-state index is 12.4. The zero-order chi connectivity index (χ0) is 22.1. The van der Waals surface area contributed by atoms with Gasteiger partial charge >= 0.3 is 5.97 Å². The molecule has 3 rings (SSSR count). The van der Waals surface area contributed by atoms with Crippen molar-refractivity contribution in [2.24, 2.45) is 0 Å². The van der Waals surface area contributed by atoms with Crippen LogP contribution in [0.4, 0.5) is 5.69 Å². The highest BCUT2D eigenvalue weighted by molar-refractivity contribution is 6.06. The standard InChI is InChI=1S/C24H20N2O5/c27-21(15-17-9-3-1-4-10-17)25-20-14-8-7-13-19(20)24(30)31-16-22(28)26-23(29)18-11-5-2-6-12-18/h1-14H,15-16H2,(H,25,27)(H,26,28,29). The van der Waals surface area contributed by atoms with Crippen molar-refractivity contribution >= 4 is 29.4 Å². The van der Waals surface area contributed by atoms with E-state index >= 15 is 0 Å². The lowest BCUT2D eigenvalue weighted by Gasteiger charge is -2.11. The molecule has 0 spiro atoms. The quantitative estimate of drug-likeness (QED) is 0.577. The Labute approximate surface area is 179 Å². The molecule has 0 bridgehead atoms. The molecular weight excluding hydrogens is 396 g/mol. The Kier molecular flexibility index (Phi) is 7.26. The number of esters is 1. The Morgan fingerprint density at radius 1 is 0.710 bits per heavy atom. The third-order valence-corrected chi connectivity index (χ3v) is 4.25. The molecule has 0 aliphatic heterocycles. The Bertz CT molecular complexity index is 1080. The monoisotopic (exact) mass is 416 g/mol. The molecule has 156 valence electrons. The van der Waals surface area contributed by atoms with Crippen LogP contribution in [0.15, 0.2) is 84.9 Å². The van der Waals surface area contributed by atoms with E-state index < -0.39 is 24.4 Å². The molecule has 3 amide bonds. The van der Waals surface area contributed by atoms with Gasteiger partial charge in [0.25, 0.3) is 11.8 Å². The predicted octanol–water partition coefficient (Wildman–Crippen LogP) is 2.98. The van der Waals surface area contributed by atoms with Gasteiger partial charge in [0.15, 0.2) is 6.61 Å². The summed E-state index contributed by atoms with van der Waals surface area (Å²) in [6.45, 7) is -0.635. The van der Waals surface area contributed by atoms with Gasteiger partial charge in [0, 0.05) is 5.56 Å². The number of imide groups is 1. The van der Waals surface area contributed by atoms with Gasteiger partial charge in [-0.2, -0.15) is 0 Å². The van der Waals surface area contributed by atoms with E-state index in [9.17, 15) is 19.2 Å². The first-order chi connectivity index (χ1) is 15.0. The lowest BCUT2D eigenvalue weighted by molar-refractivity contribution is -0.123. The fourth-order valence-electron chi connectivity index (χ4n) is 2.78. The molecule has 31 heavy (non-hydrogen) atoms. The molecule has 0 saturated heterocycles. The summed E-state index contributed by atoms with van der Waals surface area (Å²) in [7, 11) is 0. The normalized spacial score (nSPS) is 10.1. The molecule has 0 atom stereocenters. The molecule has 2 N–H and O–H groups in total. The fourth-order valence-corrected chi connectivity index (χ4v) is 2.78. The van der Waals surface area contributed by atoms with Crippen molar-refractivity contribution in [3.63, 3.8) is 0 Å². The highest BCUT2D eigenvalue weighted by Crippen LogP contribution is 2.17. The van der Waals surface area contributed by atoms with E-state index in [2.05, 4.69) is 10.6 Å². The summed E-state index contributed by atoms with van der Waals surface area (Å²) in [6, 6.07) is 23.7. The molecule has 0 fully saturated rings. The van der Waals surface area contributed by atoms with E-state index in [0.29, 0.717) is 5.56 Å². The van der Waals surface area contributed by atoms with Crippen LogP contribution >= 0.6 is 0 Å². The summed E-state index contributed by atoms with van der Waals surface area (Å²) >= 11 is 0. The zero-order valence-corrected chi connectivity index (χ0v) is 16.5. The van der Waals surface area contributed by atoms with Crippen molar-refractivity contribution in [3.8, 4) is 0 Å². The molecule has 0 saturated carbocycles. The number of anilines is 1. The molecule has 0 aliphatic carbocycles. The molecule has 3 aromatic carbocycles. The fraction of sp³-hybridized carbons (Fsp3) is 0.0833. The molecule has 0 radical (unpaired) electrons. The van der Waals surface area contributed by atoms with E-state index in [1.165, 1.54) is 6.07 Å². The van der Waals surface area contributed by atoms with Gasteiger partial charge in [0.2, 0.25) is 5.91 Å². The van der Waals surface area contributed by atoms with E-state index in [1.54, 1.807) is 48.5 Å². The first kappa shape index (κ1) is 21.4. The van der Waals surface area contributed by atoms with Crippen LogP contribution in [0.3, 0.4) is 0 Å². The van der Waals surface area contributed by atoms with Gasteiger partial charge in [0.05, 0.1) is 17.7 Å². The Morgan fingerprint density at radius 3 is 2.03 bits per heavy atom. The van der Waals surface area contributed by atoms with Crippen LogP contribution in [0.1, 0.15) is 26.3 Å². The first-order valence-corrected chi connectivity index (χ1v) is 9.52. The predicted molar refractivity (Wildman–Crippen MR) is 114 cm³/mol. The van der Waals surface area contributed by atoms with Gasteiger partial charge in [-0.25, -0.2) is 4.79 Å². The van der Waals surface area contributed by atoms with Crippen molar-refractivity contribution in [2.45, 2.75) is 6.42 Å². The van der Waals surface area contributed by atoms with Crippen LogP contribution < -0.4 is 10.6 Å². The molecule has 0 aromatic heterocycles. The van der Waals surface area contributed by atoms with Crippen LogP contribution in [-0.4, -0.2) is 30.3 Å². The first-order valence-electron chi connectivity index (χ1n) is 9.52. The number of para-hydroxylation sites is 1. The largest absolute Gasteiger partial charge is 0.452 e. The number of amides is 3. The minimum absolute atomic E-state index is 0.103. The Hall–Kier alpha value is -4.26. The van der Waals surface area contributed by atoms with Crippen molar-refractivity contribution in [3.05, 3.63) is 102 Å². The second kappa shape index (κ2) is 10.5. The van der Waals surface area contributed by atoms with E-state index in [-0.39, 0.29) is 23.6 Å². The average Bonchev–Trinajstić information content (AvgIpc) is 2.79. The number of carbonyl (C=O) groups is 4. The molecule has 7 nitrogen and oxygen atoms in total. The second-order valence-electron chi connectivity index (χ2n) is 6.58. The number of nitrogens with one attached hydrogen (secondary N) is 2. The SMILES string of the molecule is O=C(COC(=O)c1ccccc1NC(=O)Cc1ccccc1)NC(=O)c1ccccc1. The van der Waals surface area contributed by atoms with Gasteiger partial charge < -0.3 is 10.1 Å². The number of carbonyl (C=O) groups excluding carboxylic acids is 4. The van der Waals surface area contributed by atoms with Crippen molar-refractivity contribution in [2.75, 3.05) is 11.9 Å². The molecule has 0 aliphatic rings. The number of hydrogen-bond acceptors (Lipinski definition) is 5. The van der Waals surface area contributed by atoms with Crippen LogP contribution in [-0.2, 0) is 20.7 Å². The number of ether oxygens (including phenoxy) is 1. The van der Waals surface area contributed by atoms with Crippen LogP contribution in [0.5, 0.6) is 0 Å². The number of benzene rings is 3. The van der Waals surface area contributed by atoms with Crippen LogP contribution in [0.2, 0.25) is 0 Å². The summed E-state index contributed by atoms with van der Waals surface area (Å²) in [6.07, 6.45) is 0.147. The molecule has 0 heterocycles. The summed E-state index contributed by atoms with van der Waals surface area (Å²) in [5.74, 6) is -2.43. The second-order valence-corrected chi connectivity index (χ2v) is 6.58. The summed E-state index contributed by atoms with van der Waals surface area (Å²) in [5, 5.41) is 4.84. The topological polar surface area (TPSA) is 102 Å². The van der Waals surface area contributed by atoms with Gasteiger partial charge in [-0.15, -0.1) is 0 Å². The number of rotatable bonds is 7. The molecule has 7 heteroatoms. The highest BCUT2D eigenvalue weighted by Gasteiger charge is 2.17. The lowest BCUT2D eigenvalue weighted by atomic mass is 10.1. The van der Waals surface area contributed by atoms with E-state index in [4.69, 9.17) is 4.74 Å². The zero-order valence-electron chi connectivity index (χ0n) is 16.5. The van der Waals surface area contributed by atoms with Crippen molar-refractivity contribution in [1.82, 2.24) is 5.32 Å². The van der Waals surface area contributed by atoms with Crippen LogP contribution in [0.25, 0.3) is 0 Å². The third-order valence-electron chi connectivity index (χ3n) is 4.25. The van der Waals surface area contributed by atoms with Crippen molar-refractivity contribution in [1.29, 1.82) is 0 Å². The Balaban J connectivity index is 1.56. The number of hydrogen-bond donors (Lipinski definition) is 2. The summed E-state index contributed by atoms with van der Waals surface area (Å²) in [4.78, 5) is 48.7. The average molecular weight is 416 g/mol. The minimum atomic E-state index is -0.794. The van der Waals surface area contributed by atoms with E-state index in [0.717, 1.165) is 5.56 Å². The summed E-state index contributed by atoms with van der Waals surface area (Å²) < 4.78 is 5.01. The maximum atomic E-state index is 12.4. The minimum Gasteiger partial charge on any atom is -0.452 e. The molecule has 3 aromatic rings. The van der Waals surface area contributed by atoms with Crippen LogP contribution in [0, 0.1) is 0 Å². The lowest BCUT2D eigenvalue weighted by Crippen LogP contribution is -2.34. The molecular formula is C24H20N2O5. The van der Waals surface area contributed by atoms with E-state index in [1.807, 2.05) is 30.3 Å². The van der Waals surface area contributed by atoms with Gasteiger partial charge in [0.1, 0.15) is 0 Å². The van der Waals surface area contributed by atoms with Crippen molar-refractivity contribution < 1.29 is 23.9 Å². The Morgan fingerprint density at radius 2 is 1.32 bits per heavy atom. The summed E-state index contributed by atoms with van der Waals surface area (Å²) in [5.41, 5.74) is 1.52. The smallest absolute Gasteiger partial charge is 0.340 e.